The average Bonchev–Trinajstić information content (AvgIpc) is 3.89. The predicted octanol–water partition coefficient (Wildman–Crippen LogP) is 5.41. The van der Waals surface area contributed by atoms with Crippen molar-refractivity contribution in [3.63, 3.8) is 0 Å². The lowest BCUT2D eigenvalue weighted by Crippen LogP contribution is -2.44. The first-order valence-electron chi connectivity index (χ1n) is 18.0. The first kappa shape index (κ1) is 32.3. The SMILES string of the molecule is O=C(NC1CCN(Cc2ccc(N3CCCC3)cc2)CC1)c1ccc(C(=O)N2CCC(C(=O)c3ccc(N4CCCC4)cc3)CC2)nc1. The zero-order chi connectivity index (χ0) is 32.9. The number of carbonyl (C=O) groups is 3. The van der Waals surface area contributed by atoms with E-state index in [0.29, 0.717) is 37.2 Å². The number of hydrogen-bond donors (Lipinski definition) is 1. The van der Waals surface area contributed by atoms with Gasteiger partial charge in [-0.25, -0.2) is 0 Å². The maximum absolute atomic E-state index is 13.2. The van der Waals surface area contributed by atoms with Crippen molar-refractivity contribution in [2.45, 2.75) is 64.0 Å². The molecular formula is C39H48N6O3. The van der Waals surface area contributed by atoms with Gasteiger partial charge < -0.3 is 20.0 Å². The number of ketones is 1. The zero-order valence-electron chi connectivity index (χ0n) is 28.0. The largest absolute Gasteiger partial charge is 0.372 e. The molecule has 4 aliphatic heterocycles. The summed E-state index contributed by atoms with van der Waals surface area (Å²) in [4.78, 5) is 52.8. The van der Waals surface area contributed by atoms with Crippen molar-refractivity contribution in [2.24, 2.45) is 5.92 Å². The van der Waals surface area contributed by atoms with Crippen LogP contribution in [0.2, 0.25) is 0 Å². The van der Waals surface area contributed by atoms with Crippen LogP contribution < -0.4 is 15.1 Å². The Morgan fingerprint density at radius 1 is 0.646 bits per heavy atom. The number of amides is 2. The maximum Gasteiger partial charge on any atom is 0.272 e. The summed E-state index contributed by atoms with van der Waals surface area (Å²) in [5, 5.41) is 3.18. The molecule has 3 aromatic rings. The summed E-state index contributed by atoms with van der Waals surface area (Å²) in [6, 6.07) is 20.5. The van der Waals surface area contributed by atoms with Crippen LogP contribution in [0, 0.1) is 5.92 Å². The van der Waals surface area contributed by atoms with E-state index in [2.05, 4.69) is 61.4 Å². The van der Waals surface area contributed by atoms with E-state index in [9.17, 15) is 14.4 Å². The number of hydrogen-bond acceptors (Lipinski definition) is 7. The molecule has 9 heteroatoms. The molecule has 4 saturated heterocycles. The van der Waals surface area contributed by atoms with Crippen LogP contribution in [0.15, 0.2) is 66.9 Å². The standard InChI is InChI=1S/C39H48N6O3/c46-37(30-7-12-35(13-8-30)44-21-3-4-22-44)31-15-25-45(26-16-31)39(48)36-14-9-32(27-40-36)38(47)41-33-17-23-42(24-18-33)28-29-5-10-34(11-6-29)43-19-1-2-20-43/h5-14,27,31,33H,1-4,15-26,28H2,(H,41,47). The number of benzene rings is 2. The molecule has 5 heterocycles. The number of Topliss-reactive ketones (excluding diaryl/α,β-unsaturated/α-hetero) is 1. The van der Waals surface area contributed by atoms with Crippen molar-refractivity contribution >= 4 is 29.0 Å². The molecule has 1 aromatic heterocycles. The van der Waals surface area contributed by atoms with E-state index in [1.54, 1.807) is 17.0 Å². The number of likely N-dealkylation sites (tertiary alicyclic amines) is 2. The van der Waals surface area contributed by atoms with Gasteiger partial charge in [-0.15, -0.1) is 0 Å². The second-order valence-electron chi connectivity index (χ2n) is 14.0. The molecule has 0 unspecified atom stereocenters. The first-order valence-corrected chi connectivity index (χ1v) is 18.0. The van der Waals surface area contributed by atoms with Crippen molar-refractivity contribution in [1.82, 2.24) is 20.1 Å². The van der Waals surface area contributed by atoms with Crippen LogP contribution in [0.3, 0.4) is 0 Å². The van der Waals surface area contributed by atoms with Crippen LogP contribution in [0.5, 0.6) is 0 Å². The summed E-state index contributed by atoms with van der Waals surface area (Å²) in [5.41, 5.74) is 5.39. The Hall–Kier alpha value is -4.24. The molecule has 0 bridgehead atoms. The highest BCUT2D eigenvalue weighted by atomic mass is 16.2. The molecule has 4 fully saturated rings. The zero-order valence-corrected chi connectivity index (χ0v) is 28.0. The highest BCUT2D eigenvalue weighted by Crippen LogP contribution is 2.26. The van der Waals surface area contributed by atoms with Crippen molar-refractivity contribution < 1.29 is 14.4 Å². The number of pyridine rings is 1. The van der Waals surface area contributed by atoms with E-state index in [1.165, 1.54) is 48.8 Å². The van der Waals surface area contributed by atoms with Crippen LogP contribution in [-0.2, 0) is 6.54 Å². The molecule has 2 aromatic carbocycles. The highest BCUT2D eigenvalue weighted by Gasteiger charge is 2.29. The third kappa shape index (κ3) is 7.57. The second-order valence-corrected chi connectivity index (χ2v) is 14.0. The van der Waals surface area contributed by atoms with Gasteiger partial charge in [0.25, 0.3) is 11.8 Å². The summed E-state index contributed by atoms with van der Waals surface area (Å²) in [6.07, 6.45) is 9.62. The number of piperidine rings is 2. The van der Waals surface area contributed by atoms with E-state index in [0.717, 1.165) is 64.2 Å². The van der Waals surface area contributed by atoms with Gasteiger partial charge in [-0.2, -0.15) is 0 Å². The Bertz CT molecular complexity index is 1550. The molecule has 252 valence electrons. The van der Waals surface area contributed by atoms with Crippen LogP contribution in [0.4, 0.5) is 11.4 Å². The number of aromatic nitrogens is 1. The van der Waals surface area contributed by atoms with Gasteiger partial charge in [0.05, 0.1) is 5.56 Å². The fourth-order valence-corrected chi connectivity index (χ4v) is 7.76. The minimum Gasteiger partial charge on any atom is -0.372 e. The normalized spacial score (nSPS) is 19.5. The number of anilines is 2. The highest BCUT2D eigenvalue weighted by molar-refractivity contribution is 5.99. The lowest BCUT2D eigenvalue weighted by Gasteiger charge is -2.32. The lowest BCUT2D eigenvalue weighted by atomic mass is 9.88. The summed E-state index contributed by atoms with van der Waals surface area (Å²) in [7, 11) is 0. The van der Waals surface area contributed by atoms with E-state index >= 15 is 0 Å². The topological polar surface area (TPSA) is 89.1 Å². The van der Waals surface area contributed by atoms with Gasteiger partial charge in [-0.05, 0) is 105 Å². The van der Waals surface area contributed by atoms with Gasteiger partial charge in [0, 0.05) is 94.0 Å². The fourth-order valence-electron chi connectivity index (χ4n) is 7.76. The Kier molecular flexibility index (Phi) is 10.0. The number of nitrogens with zero attached hydrogens (tertiary/aromatic N) is 5. The minimum absolute atomic E-state index is 0.0798. The second kappa shape index (κ2) is 14.9. The number of carbonyl (C=O) groups excluding carboxylic acids is 3. The van der Waals surface area contributed by atoms with Gasteiger partial charge in [0.15, 0.2) is 5.78 Å². The Morgan fingerprint density at radius 2 is 1.21 bits per heavy atom. The molecule has 48 heavy (non-hydrogen) atoms. The van der Waals surface area contributed by atoms with E-state index in [4.69, 9.17) is 0 Å². The van der Waals surface area contributed by atoms with Crippen LogP contribution in [0.25, 0.3) is 0 Å². The molecule has 0 saturated carbocycles. The molecule has 0 atom stereocenters. The van der Waals surface area contributed by atoms with Gasteiger partial charge >= 0.3 is 0 Å². The fraction of sp³-hybridized carbons (Fsp3) is 0.487. The lowest BCUT2D eigenvalue weighted by molar-refractivity contribution is 0.0645. The summed E-state index contributed by atoms with van der Waals surface area (Å²) in [5.74, 6) is -0.216. The van der Waals surface area contributed by atoms with E-state index in [-0.39, 0.29) is 29.6 Å². The van der Waals surface area contributed by atoms with Crippen LogP contribution >= 0.6 is 0 Å². The monoisotopic (exact) mass is 648 g/mol. The predicted molar refractivity (Wildman–Crippen MR) is 189 cm³/mol. The number of nitrogens with one attached hydrogen (secondary N) is 1. The molecule has 0 radical (unpaired) electrons. The number of rotatable bonds is 9. The molecule has 4 aliphatic rings. The summed E-state index contributed by atoms with van der Waals surface area (Å²) >= 11 is 0. The first-order chi connectivity index (χ1) is 23.5. The van der Waals surface area contributed by atoms with Gasteiger partial charge in [0.1, 0.15) is 5.69 Å². The van der Waals surface area contributed by atoms with E-state index in [1.807, 2.05) is 12.1 Å². The summed E-state index contributed by atoms with van der Waals surface area (Å²) < 4.78 is 0. The maximum atomic E-state index is 13.2. The van der Waals surface area contributed by atoms with Gasteiger partial charge in [-0.3, -0.25) is 24.3 Å². The molecular weight excluding hydrogens is 600 g/mol. The molecule has 0 spiro atoms. The van der Waals surface area contributed by atoms with Gasteiger partial charge in [-0.1, -0.05) is 12.1 Å². The van der Waals surface area contributed by atoms with Crippen molar-refractivity contribution in [3.8, 4) is 0 Å². The molecule has 2 amide bonds. The average molecular weight is 649 g/mol. The molecule has 7 rings (SSSR count). The Morgan fingerprint density at radius 3 is 1.77 bits per heavy atom. The van der Waals surface area contributed by atoms with Crippen molar-refractivity contribution in [2.75, 3.05) is 62.2 Å². The molecule has 9 nitrogen and oxygen atoms in total. The summed E-state index contributed by atoms with van der Waals surface area (Å²) in [6.45, 7) is 8.35. The van der Waals surface area contributed by atoms with Gasteiger partial charge in [0.2, 0.25) is 0 Å². The van der Waals surface area contributed by atoms with Crippen molar-refractivity contribution in [1.29, 1.82) is 0 Å². The van der Waals surface area contributed by atoms with Crippen LogP contribution in [0.1, 0.15) is 88.1 Å². The third-order valence-corrected chi connectivity index (χ3v) is 10.8. The van der Waals surface area contributed by atoms with Crippen molar-refractivity contribution in [3.05, 3.63) is 89.2 Å². The Balaban J connectivity index is 0.836. The smallest absolute Gasteiger partial charge is 0.272 e. The minimum atomic E-state index is -0.152. The third-order valence-electron chi connectivity index (χ3n) is 10.8. The molecule has 0 aliphatic carbocycles. The Labute approximate surface area is 284 Å². The van der Waals surface area contributed by atoms with Crippen LogP contribution in [-0.4, -0.2) is 90.8 Å². The quantitative estimate of drug-likeness (QED) is 0.311. The molecule has 1 N–H and O–H groups in total. The van der Waals surface area contributed by atoms with E-state index < -0.39 is 0 Å².